The molecule has 3 heterocycles. The largest absolute Gasteiger partial charge is 0.352 e. The van der Waals surface area contributed by atoms with Crippen LogP contribution in [0.2, 0.25) is 0 Å². The lowest BCUT2D eigenvalue weighted by atomic mass is 10.2. The van der Waals surface area contributed by atoms with E-state index in [1.807, 2.05) is 42.3 Å². The molecule has 8 nitrogen and oxygen atoms in total. The average molecular weight is 351 g/mol. The Bertz CT molecular complexity index is 900. The Kier molecular flexibility index (Phi) is 4.39. The molecule has 8 heteroatoms. The van der Waals surface area contributed by atoms with Gasteiger partial charge in [0, 0.05) is 39.8 Å². The van der Waals surface area contributed by atoms with E-state index in [9.17, 15) is 4.79 Å². The summed E-state index contributed by atoms with van der Waals surface area (Å²) in [5, 5.41) is 8.19. The molecule has 26 heavy (non-hydrogen) atoms. The summed E-state index contributed by atoms with van der Waals surface area (Å²) in [5.74, 6) is 0.882. The van der Waals surface area contributed by atoms with Crippen LogP contribution in [0.25, 0.3) is 11.0 Å². The Morgan fingerprint density at radius 3 is 2.65 bits per heavy atom. The molecule has 1 fully saturated rings. The number of carbonyl (C=O) groups is 1. The minimum atomic E-state index is -0.0253. The molecule has 0 atom stereocenters. The molecule has 2 aromatic heterocycles. The van der Waals surface area contributed by atoms with Crippen LogP contribution in [-0.4, -0.2) is 56.9 Å². The molecule has 0 saturated carbocycles. The van der Waals surface area contributed by atoms with Gasteiger partial charge in [-0.05, 0) is 5.56 Å². The molecule has 2 amide bonds. The van der Waals surface area contributed by atoms with Crippen LogP contribution < -0.4 is 10.2 Å². The van der Waals surface area contributed by atoms with E-state index < -0.39 is 0 Å². The number of fused-ring (bicyclic) bond motifs is 1. The van der Waals surface area contributed by atoms with Crippen molar-refractivity contribution in [3.63, 3.8) is 0 Å². The van der Waals surface area contributed by atoms with E-state index in [0.29, 0.717) is 19.6 Å². The third-order valence-electron chi connectivity index (χ3n) is 4.66. The number of urea groups is 1. The minimum Gasteiger partial charge on any atom is -0.352 e. The zero-order chi connectivity index (χ0) is 17.9. The van der Waals surface area contributed by atoms with Gasteiger partial charge in [0.25, 0.3) is 0 Å². The van der Waals surface area contributed by atoms with E-state index in [1.54, 1.807) is 17.2 Å². The third-order valence-corrected chi connectivity index (χ3v) is 4.66. The SMILES string of the molecule is Cn1ncc2c(N3CCN(C(=O)NCc4ccccc4)CC3)ncnc21. The zero-order valence-corrected chi connectivity index (χ0v) is 14.7. The molecule has 1 aliphatic heterocycles. The summed E-state index contributed by atoms with van der Waals surface area (Å²) in [5.41, 5.74) is 1.91. The first-order valence-electron chi connectivity index (χ1n) is 8.67. The molecular formula is C18H21N7O. The van der Waals surface area contributed by atoms with Crippen LogP contribution >= 0.6 is 0 Å². The van der Waals surface area contributed by atoms with Gasteiger partial charge in [0.1, 0.15) is 12.1 Å². The molecule has 0 aliphatic carbocycles. The maximum atomic E-state index is 12.4. The smallest absolute Gasteiger partial charge is 0.317 e. The van der Waals surface area contributed by atoms with Crippen molar-refractivity contribution in [3.8, 4) is 0 Å². The zero-order valence-electron chi connectivity index (χ0n) is 14.7. The molecule has 1 aliphatic rings. The number of anilines is 1. The molecule has 0 radical (unpaired) electrons. The second kappa shape index (κ2) is 6.99. The normalized spacial score (nSPS) is 14.7. The van der Waals surface area contributed by atoms with Gasteiger partial charge in [-0.3, -0.25) is 4.68 Å². The Morgan fingerprint density at radius 2 is 1.88 bits per heavy atom. The predicted molar refractivity (Wildman–Crippen MR) is 98.8 cm³/mol. The van der Waals surface area contributed by atoms with Crippen molar-refractivity contribution in [1.29, 1.82) is 0 Å². The summed E-state index contributed by atoms with van der Waals surface area (Å²) in [7, 11) is 1.87. The molecule has 1 saturated heterocycles. The fourth-order valence-corrected chi connectivity index (χ4v) is 3.21. The second-order valence-corrected chi connectivity index (χ2v) is 6.32. The van der Waals surface area contributed by atoms with Gasteiger partial charge in [0.2, 0.25) is 0 Å². The first-order valence-corrected chi connectivity index (χ1v) is 8.67. The van der Waals surface area contributed by atoms with Crippen LogP contribution in [0.1, 0.15) is 5.56 Å². The molecule has 1 N–H and O–H groups in total. The van der Waals surface area contributed by atoms with E-state index in [0.717, 1.165) is 35.5 Å². The Balaban J connectivity index is 1.37. The Morgan fingerprint density at radius 1 is 1.12 bits per heavy atom. The number of rotatable bonds is 3. The number of piperazine rings is 1. The van der Waals surface area contributed by atoms with Gasteiger partial charge in [-0.1, -0.05) is 30.3 Å². The van der Waals surface area contributed by atoms with Crippen LogP contribution in [0.3, 0.4) is 0 Å². The van der Waals surface area contributed by atoms with Crippen molar-refractivity contribution >= 4 is 22.9 Å². The number of hydrogen-bond donors (Lipinski definition) is 1. The highest BCUT2D eigenvalue weighted by molar-refractivity contribution is 5.86. The van der Waals surface area contributed by atoms with E-state index in [4.69, 9.17) is 0 Å². The highest BCUT2D eigenvalue weighted by Gasteiger charge is 2.23. The third kappa shape index (κ3) is 3.17. The standard InChI is InChI=1S/C18H21N7O/c1-23-16-15(12-22-23)17(21-13-20-16)24-7-9-25(10-8-24)18(26)19-11-14-5-3-2-4-6-14/h2-6,12-13H,7-11H2,1H3,(H,19,26). The fourth-order valence-electron chi connectivity index (χ4n) is 3.21. The number of carbonyl (C=O) groups excluding carboxylic acids is 1. The number of amides is 2. The van der Waals surface area contributed by atoms with Gasteiger partial charge >= 0.3 is 6.03 Å². The second-order valence-electron chi connectivity index (χ2n) is 6.32. The molecule has 0 bridgehead atoms. The summed E-state index contributed by atoms with van der Waals surface area (Å²) >= 11 is 0. The number of aryl methyl sites for hydroxylation is 1. The Labute approximate surface area is 151 Å². The molecule has 0 unspecified atom stereocenters. The van der Waals surface area contributed by atoms with Crippen molar-refractivity contribution in [2.45, 2.75) is 6.54 Å². The summed E-state index contributed by atoms with van der Waals surface area (Å²) in [6.07, 6.45) is 3.36. The number of nitrogens with zero attached hydrogens (tertiary/aromatic N) is 6. The monoisotopic (exact) mass is 351 g/mol. The molecule has 1 aromatic carbocycles. The highest BCUT2D eigenvalue weighted by atomic mass is 16.2. The molecule has 3 aromatic rings. The van der Waals surface area contributed by atoms with Gasteiger partial charge in [-0.2, -0.15) is 5.10 Å². The quantitative estimate of drug-likeness (QED) is 0.771. The van der Waals surface area contributed by atoms with E-state index >= 15 is 0 Å². The highest BCUT2D eigenvalue weighted by Crippen LogP contribution is 2.23. The molecular weight excluding hydrogens is 330 g/mol. The molecule has 0 spiro atoms. The van der Waals surface area contributed by atoms with E-state index in [-0.39, 0.29) is 6.03 Å². The first kappa shape index (κ1) is 16.3. The first-order chi connectivity index (χ1) is 12.7. The number of nitrogens with one attached hydrogen (secondary N) is 1. The summed E-state index contributed by atoms with van der Waals surface area (Å²) in [6.45, 7) is 3.33. The number of aromatic nitrogens is 4. The molecule has 4 rings (SSSR count). The summed E-state index contributed by atoms with van der Waals surface area (Å²) < 4.78 is 1.74. The van der Waals surface area contributed by atoms with Crippen molar-refractivity contribution in [3.05, 3.63) is 48.4 Å². The maximum absolute atomic E-state index is 12.4. The van der Waals surface area contributed by atoms with Gasteiger partial charge in [-0.15, -0.1) is 0 Å². The van der Waals surface area contributed by atoms with Crippen LogP contribution in [-0.2, 0) is 13.6 Å². The summed E-state index contributed by atoms with van der Waals surface area (Å²) in [4.78, 5) is 25.1. The van der Waals surface area contributed by atoms with Crippen molar-refractivity contribution in [1.82, 2.24) is 30.0 Å². The average Bonchev–Trinajstić information content (AvgIpc) is 3.08. The minimum absolute atomic E-state index is 0.0253. The van der Waals surface area contributed by atoms with Crippen LogP contribution in [0.4, 0.5) is 10.6 Å². The predicted octanol–water partition coefficient (Wildman–Crippen LogP) is 1.40. The van der Waals surface area contributed by atoms with Crippen LogP contribution in [0.5, 0.6) is 0 Å². The van der Waals surface area contributed by atoms with Gasteiger partial charge in [-0.25, -0.2) is 14.8 Å². The Hall–Kier alpha value is -3.16. The van der Waals surface area contributed by atoms with Gasteiger partial charge in [0.15, 0.2) is 5.65 Å². The maximum Gasteiger partial charge on any atom is 0.317 e. The van der Waals surface area contributed by atoms with Crippen molar-refractivity contribution < 1.29 is 4.79 Å². The van der Waals surface area contributed by atoms with Crippen molar-refractivity contribution in [2.24, 2.45) is 7.05 Å². The summed E-state index contributed by atoms with van der Waals surface area (Å²) in [6, 6.07) is 9.90. The van der Waals surface area contributed by atoms with Crippen molar-refractivity contribution in [2.75, 3.05) is 31.1 Å². The van der Waals surface area contributed by atoms with Gasteiger partial charge in [0.05, 0.1) is 11.6 Å². The van der Waals surface area contributed by atoms with E-state index in [2.05, 4.69) is 25.3 Å². The van der Waals surface area contributed by atoms with Crippen LogP contribution in [0.15, 0.2) is 42.9 Å². The lowest BCUT2D eigenvalue weighted by molar-refractivity contribution is 0.194. The van der Waals surface area contributed by atoms with E-state index in [1.165, 1.54) is 0 Å². The molecule has 134 valence electrons. The van der Waals surface area contributed by atoms with Crippen LogP contribution in [0, 0.1) is 0 Å². The fraction of sp³-hybridized carbons (Fsp3) is 0.333. The number of hydrogen-bond acceptors (Lipinski definition) is 5. The topological polar surface area (TPSA) is 79.2 Å². The van der Waals surface area contributed by atoms with Gasteiger partial charge < -0.3 is 15.1 Å². The number of benzene rings is 1. The lowest BCUT2D eigenvalue weighted by Gasteiger charge is -2.35. The lowest BCUT2D eigenvalue weighted by Crippen LogP contribution is -2.52.